The highest BCUT2D eigenvalue weighted by Gasteiger charge is 2.17. The molecule has 0 bridgehead atoms. The second kappa shape index (κ2) is 4.28. The van der Waals surface area contributed by atoms with E-state index in [1.807, 2.05) is 0 Å². The van der Waals surface area contributed by atoms with Crippen molar-refractivity contribution in [3.63, 3.8) is 0 Å². The molecule has 0 aliphatic rings. The van der Waals surface area contributed by atoms with Crippen LogP contribution < -0.4 is 0 Å². The maximum atomic E-state index is 13.5. The van der Waals surface area contributed by atoms with Crippen molar-refractivity contribution in [2.75, 3.05) is 12.9 Å². The second-order valence-corrected chi connectivity index (χ2v) is 5.45. The molecule has 84 valence electrons. The van der Waals surface area contributed by atoms with E-state index in [0.717, 1.165) is 6.26 Å². The van der Waals surface area contributed by atoms with Crippen LogP contribution in [-0.4, -0.2) is 26.4 Å². The minimum absolute atomic E-state index is 0.00845. The minimum Gasteiger partial charge on any atom is -0.396 e. The van der Waals surface area contributed by atoms with Crippen molar-refractivity contribution < 1.29 is 17.9 Å². The summed E-state index contributed by atoms with van der Waals surface area (Å²) >= 11 is 0. The van der Waals surface area contributed by atoms with Crippen LogP contribution in [0, 0.1) is 12.7 Å². The summed E-state index contributed by atoms with van der Waals surface area (Å²) < 4.78 is 36.2. The number of aliphatic hydroxyl groups is 1. The Labute approximate surface area is 88.5 Å². The first-order valence-corrected chi connectivity index (χ1v) is 6.35. The molecule has 0 saturated heterocycles. The van der Waals surface area contributed by atoms with Gasteiger partial charge in [-0.1, -0.05) is 0 Å². The summed E-state index contributed by atoms with van der Waals surface area (Å²) in [4.78, 5) is -0.0333. The first kappa shape index (κ1) is 12.1. The zero-order valence-corrected chi connectivity index (χ0v) is 9.44. The van der Waals surface area contributed by atoms with Crippen LogP contribution >= 0.6 is 0 Å². The number of halogens is 1. The summed E-state index contributed by atoms with van der Waals surface area (Å²) in [5.74, 6) is -0.579. The Morgan fingerprint density at radius 3 is 2.47 bits per heavy atom. The molecule has 15 heavy (non-hydrogen) atoms. The molecule has 0 radical (unpaired) electrons. The zero-order valence-electron chi connectivity index (χ0n) is 8.62. The predicted molar refractivity (Wildman–Crippen MR) is 55.0 cm³/mol. The molecular formula is C10H13FO3S. The summed E-state index contributed by atoms with van der Waals surface area (Å²) in [7, 11) is -3.45. The predicted octanol–water partition coefficient (Wildman–Crippen LogP) is 1.07. The number of hydrogen-bond donors (Lipinski definition) is 1. The van der Waals surface area contributed by atoms with Gasteiger partial charge in [-0.3, -0.25) is 0 Å². The van der Waals surface area contributed by atoms with Crippen LogP contribution in [0.25, 0.3) is 0 Å². The number of aryl methyl sites for hydroxylation is 1. The molecule has 3 nitrogen and oxygen atoms in total. The van der Waals surface area contributed by atoms with Gasteiger partial charge >= 0.3 is 0 Å². The van der Waals surface area contributed by atoms with Crippen LogP contribution in [0.4, 0.5) is 4.39 Å². The lowest BCUT2D eigenvalue weighted by Gasteiger charge is -2.09. The Balaban J connectivity index is 3.47. The van der Waals surface area contributed by atoms with Gasteiger partial charge in [-0.15, -0.1) is 0 Å². The molecule has 0 aliphatic heterocycles. The van der Waals surface area contributed by atoms with E-state index in [1.54, 1.807) is 6.92 Å². The Bertz CT molecular complexity index is 466. The van der Waals surface area contributed by atoms with Crippen LogP contribution in [-0.2, 0) is 16.3 Å². The smallest absolute Gasteiger partial charge is 0.175 e. The third-order valence-electron chi connectivity index (χ3n) is 2.06. The molecule has 1 aromatic rings. The Hall–Kier alpha value is -0.940. The molecule has 0 heterocycles. The van der Waals surface area contributed by atoms with Gasteiger partial charge in [-0.05, 0) is 31.0 Å². The third-order valence-corrected chi connectivity index (χ3v) is 3.22. The number of sulfone groups is 1. The highest BCUT2D eigenvalue weighted by atomic mass is 32.2. The van der Waals surface area contributed by atoms with Crippen LogP contribution in [0.5, 0.6) is 0 Å². The SMILES string of the molecule is Cc1cc(F)c(CCO)c(S(C)(=O)=O)c1. The van der Waals surface area contributed by atoms with Gasteiger partial charge in [0.05, 0.1) is 4.90 Å². The summed E-state index contributed by atoms with van der Waals surface area (Å²) in [5.41, 5.74) is 0.611. The fourth-order valence-electron chi connectivity index (χ4n) is 1.43. The van der Waals surface area contributed by atoms with Gasteiger partial charge in [0.2, 0.25) is 0 Å². The fraction of sp³-hybridized carbons (Fsp3) is 0.400. The fourth-order valence-corrected chi connectivity index (χ4v) is 2.47. The maximum absolute atomic E-state index is 13.5. The van der Waals surface area contributed by atoms with Crippen LogP contribution in [0.3, 0.4) is 0 Å². The molecule has 1 N–H and O–H groups in total. The molecule has 0 amide bonds. The van der Waals surface area contributed by atoms with E-state index in [0.29, 0.717) is 5.56 Å². The quantitative estimate of drug-likeness (QED) is 0.848. The van der Waals surface area contributed by atoms with Crippen LogP contribution in [0.2, 0.25) is 0 Å². The van der Waals surface area contributed by atoms with E-state index in [1.165, 1.54) is 12.1 Å². The molecule has 0 atom stereocenters. The monoisotopic (exact) mass is 232 g/mol. The van der Waals surface area contributed by atoms with E-state index in [-0.39, 0.29) is 23.5 Å². The normalized spacial score (nSPS) is 11.7. The molecule has 0 spiro atoms. The Kier molecular flexibility index (Phi) is 3.46. The zero-order chi connectivity index (χ0) is 11.6. The summed E-state index contributed by atoms with van der Waals surface area (Å²) in [5, 5.41) is 8.74. The Morgan fingerprint density at radius 2 is 2.00 bits per heavy atom. The largest absolute Gasteiger partial charge is 0.396 e. The molecule has 0 aliphatic carbocycles. The van der Waals surface area contributed by atoms with Crippen LogP contribution in [0.1, 0.15) is 11.1 Å². The molecule has 5 heteroatoms. The van der Waals surface area contributed by atoms with Gasteiger partial charge < -0.3 is 5.11 Å². The summed E-state index contributed by atoms with van der Waals surface area (Å²) in [6.45, 7) is 1.35. The second-order valence-electron chi connectivity index (χ2n) is 3.47. The highest BCUT2D eigenvalue weighted by Crippen LogP contribution is 2.21. The first-order valence-electron chi connectivity index (χ1n) is 4.46. The van der Waals surface area contributed by atoms with Crippen molar-refractivity contribution in [2.45, 2.75) is 18.2 Å². The minimum atomic E-state index is -3.45. The van der Waals surface area contributed by atoms with Gasteiger partial charge in [0.1, 0.15) is 5.82 Å². The van der Waals surface area contributed by atoms with E-state index in [4.69, 9.17) is 5.11 Å². The average Bonchev–Trinajstić information content (AvgIpc) is 2.07. The van der Waals surface area contributed by atoms with Crippen molar-refractivity contribution in [1.29, 1.82) is 0 Å². The molecule has 1 aromatic carbocycles. The maximum Gasteiger partial charge on any atom is 0.175 e. The molecule has 0 aromatic heterocycles. The highest BCUT2D eigenvalue weighted by molar-refractivity contribution is 7.90. The lowest BCUT2D eigenvalue weighted by Crippen LogP contribution is -2.07. The Morgan fingerprint density at radius 1 is 1.40 bits per heavy atom. The standard InChI is InChI=1S/C10H13FO3S/c1-7-5-9(11)8(3-4-12)10(6-7)15(2,13)14/h5-6,12H,3-4H2,1-2H3. The van der Waals surface area contributed by atoms with Crippen LogP contribution in [0.15, 0.2) is 17.0 Å². The third kappa shape index (κ3) is 2.76. The molecule has 1 rings (SSSR count). The lowest BCUT2D eigenvalue weighted by atomic mass is 10.1. The summed E-state index contributed by atoms with van der Waals surface area (Å²) in [6.07, 6.45) is 1.04. The number of aliphatic hydroxyl groups excluding tert-OH is 1. The van der Waals surface area contributed by atoms with E-state index in [2.05, 4.69) is 0 Å². The molecule has 0 fully saturated rings. The number of benzene rings is 1. The summed E-state index contributed by atoms with van der Waals surface area (Å²) in [6, 6.07) is 2.68. The molecule has 0 saturated carbocycles. The number of hydrogen-bond acceptors (Lipinski definition) is 3. The van der Waals surface area contributed by atoms with Crippen molar-refractivity contribution in [3.8, 4) is 0 Å². The van der Waals surface area contributed by atoms with Crippen molar-refractivity contribution in [3.05, 3.63) is 29.1 Å². The number of rotatable bonds is 3. The molecular weight excluding hydrogens is 219 g/mol. The van der Waals surface area contributed by atoms with Gasteiger partial charge in [0.25, 0.3) is 0 Å². The topological polar surface area (TPSA) is 54.4 Å². The van der Waals surface area contributed by atoms with Crippen molar-refractivity contribution in [2.24, 2.45) is 0 Å². The van der Waals surface area contributed by atoms with Crippen molar-refractivity contribution in [1.82, 2.24) is 0 Å². The van der Waals surface area contributed by atoms with Gasteiger partial charge in [-0.2, -0.15) is 0 Å². The first-order chi connectivity index (χ1) is 6.86. The van der Waals surface area contributed by atoms with Crippen molar-refractivity contribution >= 4 is 9.84 Å². The average molecular weight is 232 g/mol. The van der Waals surface area contributed by atoms with E-state index in [9.17, 15) is 12.8 Å². The molecule has 0 unspecified atom stereocenters. The van der Waals surface area contributed by atoms with E-state index >= 15 is 0 Å². The lowest BCUT2D eigenvalue weighted by molar-refractivity contribution is 0.296. The van der Waals surface area contributed by atoms with Gasteiger partial charge in [-0.25, -0.2) is 12.8 Å². The van der Waals surface area contributed by atoms with Gasteiger partial charge in [0.15, 0.2) is 9.84 Å². The van der Waals surface area contributed by atoms with E-state index < -0.39 is 15.7 Å². The van der Waals surface area contributed by atoms with Gasteiger partial charge in [0, 0.05) is 18.4 Å².